The Morgan fingerprint density at radius 1 is 1.35 bits per heavy atom. The lowest BCUT2D eigenvalue weighted by Crippen LogP contribution is -2.16. The van der Waals surface area contributed by atoms with E-state index in [9.17, 15) is 0 Å². The highest BCUT2D eigenvalue weighted by atomic mass is 35.5. The quantitative estimate of drug-likeness (QED) is 0.783. The van der Waals surface area contributed by atoms with Crippen molar-refractivity contribution in [3.8, 4) is 0 Å². The largest absolute Gasteiger partial charge is 0.366 e. The Bertz CT molecular complexity index is 343. The number of anilines is 2. The second-order valence-electron chi connectivity index (χ2n) is 4.15. The SMILES string of the molecule is CCCNc1ncc(Cl)c(NC(C)CCC)n1. The summed E-state index contributed by atoms with van der Waals surface area (Å²) in [5.74, 6) is 1.34. The number of nitrogens with zero attached hydrogens (tertiary/aromatic N) is 2. The van der Waals surface area contributed by atoms with Crippen molar-refractivity contribution >= 4 is 23.4 Å². The van der Waals surface area contributed by atoms with Crippen LogP contribution in [0.2, 0.25) is 5.02 Å². The summed E-state index contributed by atoms with van der Waals surface area (Å²) in [5, 5.41) is 7.02. The number of rotatable bonds is 7. The lowest BCUT2D eigenvalue weighted by Gasteiger charge is -2.15. The van der Waals surface area contributed by atoms with Crippen LogP contribution in [-0.2, 0) is 0 Å². The summed E-state index contributed by atoms with van der Waals surface area (Å²) < 4.78 is 0. The van der Waals surface area contributed by atoms with Crippen LogP contribution in [-0.4, -0.2) is 22.6 Å². The average molecular weight is 257 g/mol. The van der Waals surface area contributed by atoms with Gasteiger partial charge in [0.15, 0.2) is 5.82 Å². The third-order valence-electron chi connectivity index (χ3n) is 2.38. The zero-order chi connectivity index (χ0) is 12.7. The summed E-state index contributed by atoms with van der Waals surface area (Å²) in [6.45, 7) is 7.26. The Labute approximate surface area is 108 Å². The fourth-order valence-electron chi connectivity index (χ4n) is 1.53. The van der Waals surface area contributed by atoms with Crippen LogP contribution < -0.4 is 10.6 Å². The third-order valence-corrected chi connectivity index (χ3v) is 2.66. The van der Waals surface area contributed by atoms with Gasteiger partial charge in [0.25, 0.3) is 0 Å². The molecular formula is C12H21ClN4. The number of halogens is 1. The summed E-state index contributed by atoms with van der Waals surface area (Å²) in [5.41, 5.74) is 0. The lowest BCUT2D eigenvalue weighted by molar-refractivity contribution is 0.687. The molecule has 1 heterocycles. The summed E-state index contributed by atoms with van der Waals surface area (Å²) in [6.07, 6.45) is 4.91. The minimum absolute atomic E-state index is 0.367. The molecule has 1 rings (SSSR count). The minimum Gasteiger partial charge on any atom is -0.366 e. The molecule has 0 bridgehead atoms. The van der Waals surface area contributed by atoms with Crippen molar-refractivity contribution in [3.63, 3.8) is 0 Å². The van der Waals surface area contributed by atoms with Gasteiger partial charge < -0.3 is 10.6 Å². The normalized spacial score (nSPS) is 12.2. The summed E-state index contributed by atoms with van der Waals surface area (Å²) in [6, 6.07) is 0.367. The Morgan fingerprint density at radius 2 is 2.12 bits per heavy atom. The standard InChI is InChI=1S/C12H21ClN4/c1-4-6-9(3)16-11-10(13)8-15-12(17-11)14-7-5-2/h8-9H,4-7H2,1-3H3,(H2,14,15,16,17). The molecule has 1 aromatic heterocycles. The van der Waals surface area contributed by atoms with E-state index in [0.29, 0.717) is 22.8 Å². The molecule has 2 N–H and O–H groups in total. The van der Waals surface area contributed by atoms with Gasteiger partial charge in [-0.3, -0.25) is 0 Å². The van der Waals surface area contributed by atoms with E-state index in [4.69, 9.17) is 11.6 Å². The lowest BCUT2D eigenvalue weighted by atomic mass is 10.2. The van der Waals surface area contributed by atoms with Crippen molar-refractivity contribution < 1.29 is 0 Å². The molecule has 1 atom stereocenters. The molecule has 5 heteroatoms. The Hall–Kier alpha value is -1.03. The van der Waals surface area contributed by atoms with Gasteiger partial charge in [0.05, 0.1) is 6.20 Å². The summed E-state index contributed by atoms with van der Waals surface area (Å²) in [7, 11) is 0. The van der Waals surface area contributed by atoms with Gasteiger partial charge >= 0.3 is 0 Å². The van der Waals surface area contributed by atoms with E-state index in [1.54, 1.807) is 6.20 Å². The zero-order valence-corrected chi connectivity index (χ0v) is 11.5. The smallest absolute Gasteiger partial charge is 0.224 e. The predicted molar refractivity (Wildman–Crippen MR) is 73.8 cm³/mol. The highest BCUT2D eigenvalue weighted by molar-refractivity contribution is 6.32. The van der Waals surface area contributed by atoms with Gasteiger partial charge in [-0.05, 0) is 19.8 Å². The fraction of sp³-hybridized carbons (Fsp3) is 0.667. The van der Waals surface area contributed by atoms with E-state index < -0.39 is 0 Å². The fourth-order valence-corrected chi connectivity index (χ4v) is 1.67. The van der Waals surface area contributed by atoms with Crippen molar-refractivity contribution in [2.45, 2.75) is 46.1 Å². The van der Waals surface area contributed by atoms with Crippen LogP contribution in [0.25, 0.3) is 0 Å². The Kier molecular flexibility index (Phi) is 6.05. The molecule has 0 saturated heterocycles. The van der Waals surface area contributed by atoms with E-state index in [1.807, 2.05) is 0 Å². The predicted octanol–water partition coefficient (Wildman–Crippen LogP) is 3.55. The van der Waals surface area contributed by atoms with Crippen molar-refractivity contribution in [3.05, 3.63) is 11.2 Å². The van der Waals surface area contributed by atoms with Crippen molar-refractivity contribution in [1.82, 2.24) is 9.97 Å². The molecule has 96 valence electrons. The molecule has 0 radical (unpaired) electrons. The first kappa shape index (κ1) is 14.0. The van der Waals surface area contributed by atoms with Gasteiger partial charge in [0.2, 0.25) is 5.95 Å². The first-order chi connectivity index (χ1) is 8.17. The second-order valence-corrected chi connectivity index (χ2v) is 4.56. The van der Waals surface area contributed by atoms with Gasteiger partial charge in [-0.2, -0.15) is 4.98 Å². The Balaban J connectivity index is 2.68. The molecule has 0 aromatic carbocycles. The molecule has 0 aliphatic heterocycles. The number of hydrogen-bond acceptors (Lipinski definition) is 4. The molecule has 1 unspecified atom stereocenters. The number of hydrogen-bond donors (Lipinski definition) is 2. The minimum atomic E-state index is 0.367. The summed E-state index contributed by atoms with van der Waals surface area (Å²) in [4.78, 5) is 8.50. The van der Waals surface area contributed by atoms with Crippen molar-refractivity contribution in [2.24, 2.45) is 0 Å². The van der Waals surface area contributed by atoms with E-state index in [2.05, 4.69) is 41.4 Å². The highest BCUT2D eigenvalue weighted by Crippen LogP contribution is 2.20. The Morgan fingerprint density at radius 3 is 2.76 bits per heavy atom. The molecule has 17 heavy (non-hydrogen) atoms. The second kappa shape index (κ2) is 7.33. The molecular weight excluding hydrogens is 236 g/mol. The maximum atomic E-state index is 6.06. The van der Waals surface area contributed by atoms with Gasteiger partial charge in [-0.25, -0.2) is 4.98 Å². The van der Waals surface area contributed by atoms with Gasteiger partial charge in [-0.15, -0.1) is 0 Å². The van der Waals surface area contributed by atoms with Crippen LogP contribution >= 0.6 is 11.6 Å². The van der Waals surface area contributed by atoms with Crippen LogP contribution in [0.1, 0.15) is 40.0 Å². The maximum absolute atomic E-state index is 6.06. The van der Waals surface area contributed by atoms with Crippen LogP contribution in [0.5, 0.6) is 0 Å². The van der Waals surface area contributed by atoms with Gasteiger partial charge in [-0.1, -0.05) is 31.9 Å². The van der Waals surface area contributed by atoms with Crippen LogP contribution in [0.15, 0.2) is 6.20 Å². The topological polar surface area (TPSA) is 49.8 Å². The number of aromatic nitrogens is 2. The molecule has 1 aromatic rings. The van der Waals surface area contributed by atoms with Crippen LogP contribution in [0.4, 0.5) is 11.8 Å². The average Bonchev–Trinajstić information content (AvgIpc) is 2.30. The van der Waals surface area contributed by atoms with Crippen LogP contribution in [0.3, 0.4) is 0 Å². The maximum Gasteiger partial charge on any atom is 0.224 e. The molecule has 0 aliphatic rings. The van der Waals surface area contributed by atoms with Crippen LogP contribution in [0, 0.1) is 0 Å². The monoisotopic (exact) mass is 256 g/mol. The van der Waals surface area contributed by atoms with E-state index in [1.165, 1.54) is 0 Å². The molecule has 0 saturated carbocycles. The molecule has 0 amide bonds. The molecule has 0 spiro atoms. The molecule has 4 nitrogen and oxygen atoms in total. The highest BCUT2D eigenvalue weighted by Gasteiger charge is 2.08. The van der Waals surface area contributed by atoms with Gasteiger partial charge in [0, 0.05) is 12.6 Å². The number of nitrogens with one attached hydrogen (secondary N) is 2. The van der Waals surface area contributed by atoms with Gasteiger partial charge in [0.1, 0.15) is 5.02 Å². The van der Waals surface area contributed by atoms with E-state index in [-0.39, 0.29) is 0 Å². The van der Waals surface area contributed by atoms with Crippen molar-refractivity contribution in [2.75, 3.05) is 17.2 Å². The molecule has 0 aliphatic carbocycles. The first-order valence-electron chi connectivity index (χ1n) is 6.20. The first-order valence-corrected chi connectivity index (χ1v) is 6.58. The van der Waals surface area contributed by atoms with E-state index >= 15 is 0 Å². The van der Waals surface area contributed by atoms with Crippen molar-refractivity contribution in [1.29, 1.82) is 0 Å². The molecule has 0 fully saturated rings. The third kappa shape index (κ3) is 4.77. The van der Waals surface area contributed by atoms with E-state index in [0.717, 1.165) is 25.8 Å². The summed E-state index contributed by atoms with van der Waals surface area (Å²) >= 11 is 6.06. The zero-order valence-electron chi connectivity index (χ0n) is 10.8.